The molecule has 0 saturated heterocycles. The van der Waals surface area contributed by atoms with Gasteiger partial charge < -0.3 is 9.88 Å². The Morgan fingerprint density at radius 2 is 1.67 bits per heavy atom. The molecule has 0 unspecified atom stereocenters. The van der Waals surface area contributed by atoms with Crippen LogP contribution in [0.15, 0.2) is 73.1 Å². The highest BCUT2D eigenvalue weighted by molar-refractivity contribution is 5.94. The van der Waals surface area contributed by atoms with Crippen LogP contribution >= 0.6 is 0 Å². The molecule has 0 saturated carbocycles. The maximum absolute atomic E-state index is 12.8. The van der Waals surface area contributed by atoms with Crippen molar-refractivity contribution >= 4 is 5.91 Å². The molecule has 0 aliphatic heterocycles. The van der Waals surface area contributed by atoms with Crippen LogP contribution in [0.5, 0.6) is 0 Å². The first-order valence-corrected chi connectivity index (χ1v) is 7.48. The van der Waals surface area contributed by atoms with E-state index in [2.05, 4.69) is 17.2 Å². The van der Waals surface area contributed by atoms with Gasteiger partial charge in [0.25, 0.3) is 5.91 Å². The molecule has 1 heterocycles. The van der Waals surface area contributed by atoms with Crippen molar-refractivity contribution < 1.29 is 9.18 Å². The van der Waals surface area contributed by atoms with Gasteiger partial charge in [0, 0.05) is 29.2 Å². The van der Waals surface area contributed by atoms with Crippen LogP contribution < -0.4 is 5.32 Å². The Hall–Kier alpha value is -3.32. The summed E-state index contributed by atoms with van der Waals surface area (Å²) >= 11 is 0. The summed E-state index contributed by atoms with van der Waals surface area (Å²) in [5.41, 5.74) is 2.28. The van der Waals surface area contributed by atoms with Gasteiger partial charge in [0.2, 0.25) is 0 Å². The third-order valence-corrected chi connectivity index (χ3v) is 3.45. The first kappa shape index (κ1) is 15.6. The van der Waals surface area contributed by atoms with Crippen molar-refractivity contribution in [3.05, 3.63) is 90.0 Å². The van der Waals surface area contributed by atoms with Crippen LogP contribution in [0.3, 0.4) is 0 Å². The number of nitrogens with zero attached hydrogens (tertiary/aromatic N) is 1. The predicted molar refractivity (Wildman–Crippen MR) is 91.4 cm³/mol. The maximum Gasteiger partial charge on any atom is 0.252 e. The second kappa shape index (κ2) is 7.30. The summed E-state index contributed by atoms with van der Waals surface area (Å²) in [5.74, 6) is 5.25. The minimum Gasteiger partial charge on any atom is -0.341 e. The van der Waals surface area contributed by atoms with E-state index in [9.17, 15) is 9.18 Å². The molecule has 1 amide bonds. The summed E-state index contributed by atoms with van der Waals surface area (Å²) in [7, 11) is 0. The summed E-state index contributed by atoms with van der Waals surface area (Å²) in [6.07, 6.45) is 3.89. The Morgan fingerprint density at radius 3 is 2.33 bits per heavy atom. The van der Waals surface area contributed by atoms with Crippen molar-refractivity contribution in [1.82, 2.24) is 9.88 Å². The molecule has 0 radical (unpaired) electrons. The summed E-state index contributed by atoms with van der Waals surface area (Å²) in [5, 5.41) is 2.74. The molecule has 0 aliphatic rings. The van der Waals surface area contributed by atoms with Gasteiger partial charge in [-0.05, 0) is 60.7 Å². The SMILES string of the molecule is O=C(NCC#Cc1ccc(F)cc1)c1ccc(-n2cccc2)cc1. The number of carbonyl (C=O) groups is 1. The van der Waals surface area contributed by atoms with Gasteiger partial charge in [-0.15, -0.1) is 0 Å². The number of hydrogen-bond acceptors (Lipinski definition) is 1. The van der Waals surface area contributed by atoms with Gasteiger partial charge in [-0.3, -0.25) is 4.79 Å². The second-order valence-corrected chi connectivity index (χ2v) is 5.13. The van der Waals surface area contributed by atoms with Crippen LogP contribution in [0.25, 0.3) is 5.69 Å². The van der Waals surface area contributed by atoms with Crippen molar-refractivity contribution in [3.63, 3.8) is 0 Å². The van der Waals surface area contributed by atoms with E-state index in [1.807, 2.05) is 41.2 Å². The third-order valence-electron chi connectivity index (χ3n) is 3.45. The lowest BCUT2D eigenvalue weighted by molar-refractivity contribution is 0.0958. The second-order valence-electron chi connectivity index (χ2n) is 5.13. The molecule has 24 heavy (non-hydrogen) atoms. The van der Waals surface area contributed by atoms with Crippen molar-refractivity contribution in [1.29, 1.82) is 0 Å². The van der Waals surface area contributed by atoms with E-state index in [0.717, 1.165) is 5.69 Å². The van der Waals surface area contributed by atoms with Crippen LogP contribution in [0, 0.1) is 17.7 Å². The van der Waals surface area contributed by atoms with Crippen LogP contribution in [0.4, 0.5) is 4.39 Å². The molecule has 118 valence electrons. The van der Waals surface area contributed by atoms with Gasteiger partial charge in [-0.2, -0.15) is 0 Å². The summed E-state index contributed by atoms with van der Waals surface area (Å²) < 4.78 is 14.7. The van der Waals surface area contributed by atoms with E-state index >= 15 is 0 Å². The zero-order valence-corrected chi connectivity index (χ0v) is 12.9. The molecular formula is C20H15FN2O. The van der Waals surface area contributed by atoms with Crippen LogP contribution in [0.1, 0.15) is 15.9 Å². The molecule has 0 aliphatic carbocycles. The van der Waals surface area contributed by atoms with Gasteiger partial charge in [0.15, 0.2) is 0 Å². The number of halogens is 1. The monoisotopic (exact) mass is 318 g/mol. The lowest BCUT2D eigenvalue weighted by Gasteiger charge is -2.05. The predicted octanol–water partition coefficient (Wildman–Crippen LogP) is 3.40. The number of rotatable bonds is 3. The Morgan fingerprint density at radius 1 is 1.00 bits per heavy atom. The number of benzene rings is 2. The number of amides is 1. The molecule has 0 spiro atoms. The van der Waals surface area contributed by atoms with Crippen LogP contribution in [-0.4, -0.2) is 17.0 Å². The normalized spacial score (nSPS) is 9.88. The molecule has 4 heteroatoms. The van der Waals surface area contributed by atoms with E-state index in [1.165, 1.54) is 12.1 Å². The summed E-state index contributed by atoms with van der Waals surface area (Å²) in [6.45, 7) is 0.232. The van der Waals surface area contributed by atoms with E-state index in [1.54, 1.807) is 24.3 Å². The van der Waals surface area contributed by atoms with Crippen molar-refractivity contribution in [3.8, 4) is 17.5 Å². The number of nitrogens with one attached hydrogen (secondary N) is 1. The number of carbonyl (C=O) groups excluding carboxylic acids is 1. The smallest absolute Gasteiger partial charge is 0.252 e. The lowest BCUT2D eigenvalue weighted by atomic mass is 10.2. The molecule has 3 aromatic rings. The fourth-order valence-corrected chi connectivity index (χ4v) is 2.20. The summed E-state index contributed by atoms with van der Waals surface area (Å²) in [6, 6.07) is 17.1. The minimum absolute atomic E-state index is 0.178. The quantitative estimate of drug-likeness (QED) is 0.738. The Labute approximate surface area is 139 Å². The van der Waals surface area contributed by atoms with E-state index in [0.29, 0.717) is 11.1 Å². The first-order chi connectivity index (χ1) is 11.7. The van der Waals surface area contributed by atoms with Crippen LogP contribution in [-0.2, 0) is 0 Å². The van der Waals surface area contributed by atoms with Gasteiger partial charge in [0.1, 0.15) is 5.82 Å². The Bertz CT molecular complexity index is 870. The minimum atomic E-state index is -0.294. The van der Waals surface area contributed by atoms with Gasteiger partial charge in [-0.25, -0.2) is 4.39 Å². The highest BCUT2D eigenvalue weighted by atomic mass is 19.1. The molecule has 0 bridgehead atoms. The topological polar surface area (TPSA) is 34.0 Å². The molecule has 2 aromatic carbocycles. The first-order valence-electron chi connectivity index (χ1n) is 7.48. The van der Waals surface area contributed by atoms with E-state index in [-0.39, 0.29) is 18.3 Å². The Balaban J connectivity index is 1.56. The highest BCUT2D eigenvalue weighted by Crippen LogP contribution is 2.09. The molecule has 0 fully saturated rings. The fraction of sp³-hybridized carbons (Fsp3) is 0.0500. The zero-order valence-electron chi connectivity index (χ0n) is 12.9. The highest BCUT2D eigenvalue weighted by Gasteiger charge is 2.04. The molecule has 1 aromatic heterocycles. The summed E-state index contributed by atoms with van der Waals surface area (Å²) in [4.78, 5) is 12.1. The van der Waals surface area contributed by atoms with Crippen molar-refractivity contribution in [2.45, 2.75) is 0 Å². The average Bonchev–Trinajstić information content (AvgIpc) is 3.15. The third kappa shape index (κ3) is 3.90. The van der Waals surface area contributed by atoms with Crippen molar-refractivity contribution in [2.24, 2.45) is 0 Å². The standard InChI is InChI=1S/C20H15FN2O/c21-18-9-5-16(6-10-18)4-3-13-22-20(24)17-7-11-19(12-8-17)23-14-1-2-15-23/h1-2,5-12,14-15H,13H2,(H,22,24). The van der Waals surface area contributed by atoms with Gasteiger partial charge >= 0.3 is 0 Å². The zero-order chi connectivity index (χ0) is 16.8. The molecule has 3 nitrogen and oxygen atoms in total. The Kier molecular flexibility index (Phi) is 4.73. The van der Waals surface area contributed by atoms with Crippen molar-refractivity contribution in [2.75, 3.05) is 6.54 Å². The molecular weight excluding hydrogens is 303 g/mol. The van der Waals surface area contributed by atoms with E-state index < -0.39 is 0 Å². The maximum atomic E-state index is 12.8. The average molecular weight is 318 g/mol. The molecule has 1 N–H and O–H groups in total. The largest absolute Gasteiger partial charge is 0.341 e. The van der Waals surface area contributed by atoms with Gasteiger partial charge in [0.05, 0.1) is 6.54 Å². The molecule has 0 atom stereocenters. The van der Waals surface area contributed by atoms with Crippen LogP contribution in [0.2, 0.25) is 0 Å². The number of aromatic nitrogens is 1. The van der Waals surface area contributed by atoms with E-state index in [4.69, 9.17) is 0 Å². The molecule has 3 rings (SSSR count). The lowest BCUT2D eigenvalue weighted by Crippen LogP contribution is -2.23. The van der Waals surface area contributed by atoms with Gasteiger partial charge in [-0.1, -0.05) is 11.8 Å². The fourth-order valence-electron chi connectivity index (χ4n) is 2.20. The number of hydrogen-bond donors (Lipinski definition) is 1.